The number of amides is 2. The summed E-state index contributed by atoms with van der Waals surface area (Å²) in [5.74, 6) is 0.876. The number of aromatic nitrogens is 1. The fourth-order valence-electron chi connectivity index (χ4n) is 2.95. The molecule has 160 valence electrons. The SMILES string of the molecule is CCCCCCCCC(=O)N(Cc1nc(C(=O)NCC(C)C)cs1)CC(C)C. The lowest BCUT2D eigenvalue weighted by Crippen LogP contribution is -2.33. The number of nitrogens with one attached hydrogen (secondary N) is 1. The number of thiazole rings is 1. The molecule has 1 N–H and O–H groups in total. The fraction of sp³-hybridized carbons (Fsp3) is 0.773. The van der Waals surface area contributed by atoms with Gasteiger partial charge in [-0.05, 0) is 18.3 Å². The molecule has 1 aromatic rings. The lowest BCUT2D eigenvalue weighted by molar-refractivity contribution is -0.132. The van der Waals surface area contributed by atoms with E-state index in [-0.39, 0.29) is 11.8 Å². The van der Waals surface area contributed by atoms with Crippen molar-refractivity contribution in [1.82, 2.24) is 15.2 Å². The van der Waals surface area contributed by atoms with Gasteiger partial charge in [0.1, 0.15) is 10.7 Å². The first kappa shape index (κ1) is 24.6. The second-order valence-electron chi connectivity index (χ2n) is 8.42. The maximum Gasteiger partial charge on any atom is 0.270 e. The van der Waals surface area contributed by atoms with Crippen molar-refractivity contribution in [2.45, 2.75) is 86.1 Å². The van der Waals surface area contributed by atoms with E-state index in [2.05, 4.69) is 44.9 Å². The van der Waals surface area contributed by atoms with Crippen molar-refractivity contribution in [2.24, 2.45) is 11.8 Å². The summed E-state index contributed by atoms with van der Waals surface area (Å²) in [7, 11) is 0. The molecule has 0 aliphatic carbocycles. The van der Waals surface area contributed by atoms with Gasteiger partial charge in [0.25, 0.3) is 5.91 Å². The molecule has 0 saturated heterocycles. The Hall–Kier alpha value is -1.43. The highest BCUT2D eigenvalue weighted by atomic mass is 32.1. The van der Waals surface area contributed by atoms with Gasteiger partial charge in [-0.15, -0.1) is 11.3 Å². The zero-order valence-corrected chi connectivity index (χ0v) is 19.2. The Bertz CT molecular complexity index is 584. The number of nitrogens with zero attached hydrogens (tertiary/aromatic N) is 2. The van der Waals surface area contributed by atoms with Crippen molar-refractivity contribution in [2.75, 3.05) is 13.1 Å². The number of hydrogen-bond acceptors (Lipinski definition) is 4. The third-order valence-electron chi connectivity index (χ3n) is 4.46. The normalized spacial score (nSPS) is 11.2. The van der Waals surface area contributed by atoms with Crippen LogP contribution in [0.3, 0.4) is 0 Å². The molecule has 0 aliphatic heterocycles. The molecule has 0 radical (unpaired) electrons. The highest BCUT2D eigenvalue weighted by molar-refractivity contribution is 7.09. The second-order valence-corrected chi connectivity index (χ2v) is 9.36. The molecule has 0 aromatic carbocycles. The van der Waals surface area contributed by atoms with Gasteiger partial charge in [-0.3, -0.25) is 9.59 Å². The molecule has 0 saturated carbocycles. The number of rotatable bonds is 14. The largest absolute Gasteiger partial charge is 0.350 e. The van der Waals surface area contributed by atoms with E-state index >= 15 is 0 Å². The summed E-state index contributed by atoms with van der Waals surface area (Å²) in [5, 5.41) is 5.51. The van der Waals surface area contributed by atoms with Crippen molar-refractivity contribution in [3.8, 4) is 0 Å². The van der Waals surface area contributed by atoms with Crippen LogP contribution in [0.4, 0.5) is 0 Å². The zero-order chi connectivity index (χ0) is 20.9. The molecule has 2 amide bonds. The summed E-state index contributed by atoms with van der Waals surface area (Å²) in [4.78, 5) is 31.2. The summed E-state index contributed by atoms with van der Waals surface area (Å²) < 4.78 is 0. The van der Waals surface area contributed by atoms with Crippen LogP contribution in [0.1, 0.15) is 95.1 Å². The topological polar surface area (TPSA) is 62.3 Å². The van der Waals surface area contributed by atoms with E-state index in [9.17, 15) is 9.59 Å². The van der Waals surface area contributed by atoms with Gasteiger partial charge in [-0.2, -0.15) is 0 Å². The van der Waals surface area contributed by atoms with Gasteiger partial charge < -0.3 is 10.2 Å². The van der Waals surface area contributed by atoms with Gasteiger partial charge in [0.15, 0.2) is 0 Å². The van der Waals surface area contributed by atoms with Crippen molar-refractivity contribution in [1.29, 1.82) is 0 Å². The van der Waals surface area contributed by atoms with Crippen molar-refractivity contribution in [3.63, 3.8) is 0 Å². The molecule has 6 heteroatoms. The molecule has 28 heavy (non-hydrogen) atoms. The van der Waals surface area contributed by atoms with E-state index in [1.807, 2.05) is 4.90 Å². The molecule has 0 bridgehead atoms. The first-order chi connectivity index (χ1) is 13.3. The Labute approximate surface area is 175 Å². The molecule has 0 atom stereocenters. The van der Waals surface area contributed by atoms with Gasteiger partial charge in [0, 0.05) is 24.9 Å². The van der Waals surface area contributed by atoms with Gasteiger partial charge in [0.05, 0.1) is 6.54 Å². The van der Waals surface area contributed by atoms with Crippen LogP contribution in [-0.2, 0) is 11.3 Å². The van der Waals surface area contributed by atoms with Gasteiger partial charge >= 0.3 is 0 Å². The maximum atomic E-state index is 12.7. The van der Waals surface area contributed by atoms with E-state index in [1.54, 1.807) is 5.38 Å². The predicted octanol–water partition coefficient (Wildman–Crippen LogP) is 5.26. The molecular weight excluding hydrogens is 370 g/mol. The van der Waals surface area contributed by atoms with Crippen LogP contribution < -0.4 is 5.32 Å². The average Bonchev–Trinajstić information content (AvgIpc) is 3.10. The lowest BCUT2D eigenvalue weighted by atomic mass is 10.1. The monoisotopic (exact) mass is 409 g/mol. The standard InChI is InChI=1S/C22H39N3O2S/c1-6-7-8-9-10-11-12-21(26)25(14-18(4)5)15-20-24-19(16-28-20)22(27)23-13-17(2)3/h16-18H,6-15H2,1-5H3,(H,23,27). The summed E-state index contributed by atoms with van der Waals surface area (Å²) >= 11 is 1.46. The van der Waals surface area contributed by atoms with Crippen LogP contribution in [-0.4, -0.2) is 34.8 Å². The van der Waals surface area contributed by atoms with E-state index in [0.717, 1.165) is 24.4 Å². The minimum Gasteiger partial charge on any atom is -0.350 e. The smallest absolute Gasteiger partial charge is 0.270 e. The highest BCUT2D eigenvalue weighted by Crippen LogP contribution is 2.16. The van der Waals surface area contributed by atoms with Crippen LogP contribution in [0.5, 0.6) is 0 Å². The van der Waals surface area contributed by atoms with E-state index < -0.39 is 0 Å². The summed E-state index contributed by atoms with van der Waals surface area (Å²) in [6.07, 6.45) is 7.69. The van der Waals surface area contributed by atoms with E-state index in [1.165, 1.54) is 37.0 Å². The van der Waals surface area contributed by atoms with Gasteiger partial charge in [0.2, 0.25) is 5.91 Å². The third kappa shape index (κ3) is 10.2. The average molecular weight is 410 g/mol. The van der Waals surface area contributed by atoms with Crippen LogP contribution in [0.2, 0.25) is 0 Å². The third-order valence-corrected chi connectivity index (χ3v) is 5.30. The zero-order valence-electron chi connectivity index (χ0n) is 18.4. The van der Waals surface area contributed by atoms with Crippen molar-refractivity contribution < 1.29 is 9.59 Å². The Morgan fingerprint density at radius 1 is 1.07 bits per heavy atom. The van der Waals surface area contributed by atoms with E-state index in [4.69, 9.17) is 0 Å². The first-order valence-corrected chi connectivity index (χ1v) is 11.7. The Kier molecular flexibility index (Phi) is 12.0. The van der Waals surface area contributed by atoms with Gasteiger partial charge in [-0.1, -0.05) is 66.7 Å². The number of carbonyl (C=O) groups is 2. The quantitative estimate of drug-likeness (QED) is 0.426. The number of carbonyl (C=O) groups excluding carboxylic acids is 2. The molecular formula is C22H39N3O2S. The summed E-state index contributed by atoms with van der Waals surface area (Å²) in [6.45, 7) is 12.4. The van der Waals surface area contributed by atoms with Crippen molar-refractivity contribution >= 4 is 23.2 Å². The highest BCUT2D eigenvalue weighted by Gasteiger charge is 2.18. The van der Waals surface area contributed by atoms with E-state index in [0.29, 0.717) is 37.0 Å². The maximum absolute atomic E-state index is 12.7. The predicted molar refractivity (Wildman–Crippen MR) is 118 cm³/mol. The minimum atomic E-state index is -0.134. The van der Waals surface area contributed by atoms with Crippen LogP contribution in [0, 0.1) is 11.8 Å². The molecule has 0 unspecified atom stereocenters. The molecule has 0 fully saturated rings. The molecule has 1 aromatic heterocycles. The molecule has 1 rings (SSSR count). The summed E-state index contributed by atoms with van der Waals surface area (Å²) in [5.41, 5.74) is 0.452. The summed E-state index contributed by atoms with van der Waals surface area (Å²) in [6, 6.07) is 0. The van der Waals surface area contributed by atoms with Crippen LogP contribution in [0.15, 0.2) is 5.38 Å². The fourth-order valence-corrected chi connectivity index (χ4v) is 3.74. The Morgan fingerprint density at radius 3 is 2.39 bits per heavy atom. The molecule has 0 aliphatic rings. The molecule has 0 spiro atoms. The van der Waals surface area contributed by atoms with Gasteiger partial charge in [-0.25, -0.2) is 4.98 Å². The number of unbranched alkanes of at least 4 members (excludes halogenated alkanes) is 5. The first-order valence-electron chi connectivity index (χ1n) is 10.8. The van der Waals surface area contributed by atoms with Crippen molar-refractivity contribution in [3.05, 3.63) is 16.1 Å². The van der Waals surface area contributed by atoms with Crippen LogP contribution >= 0.6 is 11.3 Å². The number of hydrogen-bond donors (Lipinski definition) is 1. The lowest BCUT2D eigenvalue weighted by Gasteiger charge is -2.23. The minimum absolute atomic E-state index is 0.134. The Morgan fingerprint density at radius 2 is 1.75 bits per heavy atom. The second kappa shape index (κ2) is 13.7. The molecule has 5 nitrogen and oxygen atoms in total. The Balaban J connectivity index is 2.56. The molecule has 1 heterocycles. The van der Waals surface area contributed by atoms with Crippen LogP contribution in [0.25, 0.3) is 0 Å².